The lowest BCUT2D eigenvalue weighted by Crippen LogP contribution is -2.27. The topological polar surface area (TPSA) is 78.2 Å². The molecule has 8 heteroatoms. The molecule has 0 radical (unpaired) electrons. The molecular formula is C24H24N4O3S. The number of methoxy groups -OCH3 is 1. The Balaban J connectivity index is 1.71. The van der Waals surface area contributed by atoms with Crippen LogP contribution >= 0.6 is 11.8 Å². The lowest BCUT2D eigenvalue weighted by molar-refractivity contribution is -0.113. The zero-order chi connectivity index (χ0) is 22.5. The smallest absolute Gasteiger partial charge is 0.278 e. The standard InChI is InChI=1S/C24H24N4O3S/c1-27-15-19(17-9-5-3-6-10-17)21-22(27)23(30)28(13-14-31-2)24(26-21)32-16-20(29)25-18-11-7-4-8-12-18/h3-12,15H,13-14,16H2,1-2H3,(H,25,29). The Morgan fingerprint density at radius 1 is 1.09 bits per heavy atom. The number of rotatable bonds is 8. The molecule has 2 aromatic carbocycles. The van der Waals surface area contributed by atoms with Crippen molar-refractivity contribution in [1.82, 2.24) is 14.1 Å². The van der Waals surface area contributed by atoms with Crippen LogP contribution in [0.1, 0.15) is 0 Å². The van der Waals surface area contributed by atoms with E-state index in [1.165, 1.54) is 11.8 Å². The van der Waals surface area contributed by atoms with Gasteiger partial charge in [0.05, 0.1) is 18.9 Å². The summed E-state index contributed by atoms with van der Waals surface area (Å²) in [6.45, 7) is 0.722. The number of carbonyl (C=O) groups excluding carboxylic acids is 1. The Hall–Kier alpha value is -3.36. The second-order valence-electron chi connectivity index (χ2n) is 7.26. The normalized spacial score (nSPS) is 11.1. The van der Waals surface area contributed by atoms with Crippen LogP contribution in [0.15, 0.2) is 76.8 Å². The van der Waals surface area contributed by atoms with Crippen LogP contribution in [0.3, 0.4) is 0 Å². The van der Waals surface area contributed by atoms with E-state index in [1.54, 1.807) is 11.7 Å². The number of amides is 1. The summed E-state index contributed by atoms with van der Waals surface area (Å²) in [4.78, 5) is 30.7. The Morgan fingerprint density at radius 2 is 1.78 bits per heavy atom. The van der Waals surface area contributed by atoms with E-state index in [9.17, 15) is 9.59 Å². The van der Waals surface area contributed by atoms with E-state index in [0.717, 1.165) is 16.8 Å². The van der Waals surface area contributed by atoms with Crippen molar-refractivity contribution in [3.8, 4) is 11.1 Å². The summed E-state index contributed by atoms with van der Waals surface area (Å²) in [6, 6.07) is 19.1. The van der Waals surface area contributed by atoms with E-state index in [0.29, 0.717) is 29.3 Å². The van der Waals surface area contributed by atoms with Crippen LogP contribution in [-0.2, 0) is 23.1 Å². The number of benzene rings is 2. The number of fused-ring (bicyclic) bond motifs is 1. The second kappa shape index (κ2) is 9.84. The lowest BCUT2D eigenvalue weighted by atomic mass is 10.1. The number of thioether (sulfide) groups is 1. The van der Waals surface area contributed by atoms with Crippen molar-refractivity contribution >= 4 is 34.4 Å². The third-order valence-corrected chi connectivity index (χ3v) is 6.01. The zero-order valence-electron chi connectivity index (χ0n) is 17.9. The van der Waals surface area contributed by atoms with Crippen LogP contribution in [-0.4, -0.2) is 39.5 Å². The summed E-state index contributed by atoms with van der Waals surface area (Å²) in [5.74, 6) is -0.0296. The minimum atomic E-state index is -0.162. The molecule has 164 valence electrons. The molecule has 32 heavy (non-hydrogen) atoms. The zero-order valence-corrected chi connectivity index (χ0v) is 18.8. The SMILES string of the molecule is COCCn1c(SCC(=O)Nc2ccccc2)nc2c(-c3ccccc3)cn(C)c2c1=O. The molecule has 4 rings (SSSR count). The first kappa shape index (κ1) is 21.9. The molecule has 2 heterocycles. The van der Waals surface area contributed by atoms with Crippen molar-refractivity contribution in [2.24, 2.45) is 7.05 Å². The molecule has 0 aliphatic heterocycles. The molecule has 4 aromatic rings. The highest BCUT2D eigenvalue weighted by molar-refractivity contribution is 7.99. The Kier molecular flexibility index (Phi) is 6.72. The van der Waals surface area contributed by atoms with Gasteiger partial charge in [-0.15, -0.1) is 0 Å². The van der Waals surface area contributed by atoms with Gasteiger partial charge in [0.15, 0.2) is 5.16 Å². The van der Waals surface area contributed by atoms with Crippen molar-refractivity contribution in [2.45, 2.75) is 11.7 Å². The van der Waals surface area contributed by atoms with Gasteiger partial charge >= 0.3 is 0 Å². The molecule has 0 spiro atoms. The summed E-state index contributed by atoms with van der Waals surface area (Å²) in [5, 5.41) is 3.36. The number of ether oxygens (including phenoxy) is 1. The molecule has 0 atom stereocenters. The maximum Gasteiger partial charge on any atom is 0.278 e. The first-order chi connectivity index (χ1) is 15.6. The predicted octanol–water partition coefficient (Wildman–Crippen LogP) is 3.78. The average molecular weight is 449 g/mol. The van der Waals surface area contributed by atoms with Crippen molar-refractivity contribution < 1.29 is 9.53 Å². The van der Waals surface area contributed by atoms with E-state index >= 15 is 0 Å². The quantitative estimate of drug-likeness (QED) is 0.328. The lowest BCUT2D eigenvalue weighted by Gasteiger charge is -2.12. The van der Waals surface area contributed by atoms with Gasteiger partial charge in [-0.1, -0.05) is 60.3 Å². The maximum atomic E-state index is 13.4. The summed E-state index contributed by atoms with van der Waals surface area (Å²) < 4.78 is 8.59. The molecule has 2 aromatic heterocycles. The third kappa shape index (κ3) is 4.61. The van der Waals surface area contributed by atoms with Crippen LogP contribution in [0, 0.1) is 0 Å². The fourth-order valence-electron chi connectivity index (χ4n) is 3.52. The fraction of sp³-hybridized carbons (Fsp3) is 0.208. The van der Waals surface area contributed by atoms with Gasteiger partial charge < -0.3 is 14.6 Å². The molecule has 0 unspecified atom stereocenters. The van der Waals surface area contributed by atoms with Crippen molar-refractivity contribution in [3.05, 3.63) is 77.2 Å². The van der Waals surface area contributed by atoms with Crippen molar-refractivity contribution in [2.75, 3.05) is 24.8 Å². The number of para-hydroxylation sites is 1. The molecule has 0 saturated carbocycles. The molecule has 0 saturated heterocycles. The minimum absolute atomic E-state index is 0.132. The number of nitrogens with zero attached hydrogens (tertiary/aromatic N) is 3. The average Bonchev–Trinajstić information content (AvgIpc) is 3.15. The van der Waals surface area contributed by atoms with Gasteiger partial charge in [0, 0.05) is 31.6 Å². The van der Waals surface area contributed by atoms with Crippen LogP contribution in [0.25, 0.3) is 22.2 Å². The fourth-order valence-corrected chi connectivity index (χ4v) is 4.34. The summed E-state index contributed by atoms with van der Waals surface area (Å²) in [6.07, 6.45) is 1.92. The van der Waals surface area contributed by atoms with E-state index in [-0.39, 0.29) is 17.2 Å². The van der Waals surface area contributed by atoms with E-state index < -0.39 is 0 Å². The van der Waals surface area contributed by atoms with Gasteiger partial charge in [0.25, 0.3) is 5.56 Å². The van der Waals surface area contributed by atoms with Gasteiger partial charge in [-0.05, 0) is 17.7 Å². The highest BCUT2D eigenvalue weighted by Crippen LogP contribution is 2.29. The number of anilines is 1. The Labute approximate surface area is 190 Å². The first-order valence-corrected chi connectivity index (χ1v) is 11.2. The van der Waals surface area contributed by atoms with Gasteiger partial charge in [0.2, 0.25) is 5.91 Å². The first-order valence-electron chi connectivity index (χ1n) is 10.2. The van der Waals surface area contributed by atoms with Crippen molar-refractivity contribution in [1.29, 1.82) is 0 Å². The molecule has 0 aliphatic carbocycles. The number of aromatic nitrogens is 3. The largest absolute Gasteiger partial charge is 0.383 e. The van der Waals surface area contributed by atoms with Gasteiger partial charge in [-0.2, -0.15) is 0 Å². The summed E-state index contributed by atoms with van der Waals surface area (Å²) in [7, 11) is 3.44. The van der Waals surface area contributed by atoms with Crippen LogP contribution < -0.4 is 10.9 Å². The summed E-state index contributed by atoms with van der Waals surface area (Å²) in [5.41, 5.74) is 3.60. The van der Waals surface area contributed by atoms with Gasteiger partial charge in [-0.3, -0.25) is 14.2 Å². The van der Waals surface area contributed by atoms with E-state index in [4.69, 9.17) is 9.72 Å². The molecule has 0 aliphatic rings. The molecule has 7 nitrogen and oxygen atoms in total. The van der Waals surface area contributed by atoms with E-state index in [1.807, 2.05) is 78.5 Å². The number of carbonyl (C=O) groups is 1. The van der Waals surface area contributed by atoms with Gasteiger partial charge in [0.1, 0.15) is 11.0 Å². The van der Waals surface area contributed by atoms with Crippen LogP contribution in [0.2, 0.25) is 0 Å². The number of hydrogen-bond acceptors (Lipinski definition) is 5. The number of hydrogen-bond donors (Lipinski definition) is 1. The van der Waals surface area contributed by atoms with Crippen LogP contribution in [0.5, 0.6) is 0 Å². The van der Waals surface area contributed by atoms with Crippen LogP contribution in [0.4, 0.5) is 5.69 Å². The Morgan fingerprint density at radius 3 is 2.47 bits per heavy atom. The molecule has 0 fully saturated rings. The van der Waals surface area contributed by atoms with E-state index in [2.05, 4.69) is 5.32 Å². The molecule has 1 N–H and O–H groups in total. The predicted molar refractivity (Wildman–Crippen MR) is 128 cm³/mol. The minimum Gasteiger partial charge on any atom is -0.383 e. The van der Waals surface area contributed by atoms with Gasteiger partial charge in [-0.25, -0.2) is 4.98 Å². The molecule has 1 amide bonds. The highest BCUT2D eigenvalue weighted by Gasteiger charge is 2.19. The molecule has 0 bridgehead atoms. The Bertz CT molecular complexity index is 1280. The maximum absolute atomic E-state index is 13.4. The third-order valence-electron chi connectivity index (χ3n) is 5.03. The highest BCUT2D eigenvalue weighted by atomic mass is 32.2. The number of nitrogens with one attached hydrogen (secondary N) is 1. The second-order valence-corrected chi connectivity index (χ2v) is 8.21. The number of aryl methyl sites for hydroxylation is 1. The monoisotopic (exact) mass is 448 g/mol. The van der Waals surface area contributed by atoms with Crippen molar-refractivity contribution in [3.63, 3.8) is 0 Å². The molecular weight excluding hydrogens is 424 g/mol. The summed E-state index contributed by atoms with van der Waals surface area (Å²) >= 11 is 1.24.